The smallest absolute Gasteiger partial charge is 0.296 e. The third kappa shape index (κ3) is 6.97. The third-order valence-electron chi connectivity index (χ3n) is 4.57. The lowest BCUT2D eigenvalue weighted by molar-refractivity contribution is -0.116. The van der Waals surface area contributed by atoms with Gasteiger partial charge in [-0.1, -0.05) is 51.5 Å². The van der Waals surface area contributed by atoms with Crippen LogP contribution in [0.3, 0.4) is 0 Å². The Balaban J connectivity index is 2.16. The quantitative estimate of drug-likeness (QED) is 0.676. The van der Waals surface area contributed by atoms with E-state index >= 15 is 0 Å². The van der Waals surface area contributed by atoms with E-state index in [-0.39, 0.29) is 16.7 Å². The molecular formula is C24H27FN2O3S. The molecule has 0 spiro atoms. The maximum Gasteiger partial charge on any atom is 0.296 e. The molecule has 1 atom stereocenters. The van der Waals surface area contributed by atoms with E-state index in [0.29, 0.717) is 11.1 Å². The maximum absolute atomic E-state index is 14.5. The maximum atomic E-state index is 14.5. The molecule has 0 bridgehead atoms. The molecule has 0 saturated heterocycles. The predicted molar refractivity (Wildman–Crippen MR) is 124 cm³/mol. The number of halogens is 1. The van der Waals surface area contributed by atoms with Gasteiger partial charge in [-0.15, -0.1) is 0 Å². The molecule has 0 aliphatic heterocycles. The molecule has 0 aliphatic carbocycles. The largest absolute Gasteiger partial charge is 0.339 e. The van der Waals surface area contributed by atoms with E-state index in [9.17, 15) is 17.6 Å². The van der Waals surface area contributed by atoms with Crippen LogP contribution >= 0.6 is 0 Å². The summed E-state index contributed by atoms with van der Waals surface area (Å²) in [7, 11) is -3.65. The van der Waals surface area contributed by atoms with Crippen LogP contribution in [0.25, 0.3) is 6.08 Å². The molecule has 2 aromatic carbocycles. The second-order valence-electron chi connectivity index (χ2n) is 8.32. The lowest BCUT2D eigenvalue weighted by Gasteiger charge is -2.18. The summed E-state index contributed by atoms with van der Waals surface area (Å²) in [6.45, 7) is 11.6. The molecule has 0 unspecified atom stereocenters. The number of hydrogen-bond donors (Lipinski definition) is 2. The highest BCUT2D eigenvalue weighted by Gasteiger charge is 2.17. The number of carbonyl (C=O) groups is 1. The average molecular weight is 443 g/mol. The zero-order valence-corrected chi connectivity index (χ0v) is 19.2. The van der Waals surface area contributed by atoms with Crippen molar-refractivity contribution in [3.8, 4) is 11.8 Å². The van der Waals surface area contributed by atoms with Gasteiger partial charge in [-0.05, 0) is 47.7 Å². The molecule has 5 nitrogen and oxygen atoms in total. The molecule has 31 heavy (non-hydrogen) atoms. The van der Waals surface area contributed by atoms with Crippen LogP contribution in [0.1, 0.15) is 56.0 Å². The summed E-state index contributed by atoms with van der Waals surface area (Å²) in [6, 6.07) is 9.88. The number of benzene rings is 2. The Labute approximate surface area is 183 Å². The van der Waals surface area contributed by atoms with Gasteiger partial charge in [0.15, 0.2) is 0 Å². The van der Waals surface area contributed by atoms with E-state index in [2.05, 4.69) is 49.2 Å². The van der Waals surface area contributed by atoms with Gasteiger partial charge >= 0.3 is 0 Å². The van der Waals surface area contributed by atoms with Crippen molar-refractivity contribution in [1.29, 1.82) is 0 Å². The number of rotatable bonds is 5. The first-order chi connectivity index (χ1) is 14.3. The van der Waals surface area contributed by atoms with Crippen molar-refractivity contribution < 1.29 is 17.6 Å². The zero-order chi connectivity index (χ0) is 23.4. The number of anilines is 1. The number of sulfonamides is 1. The van der Waals surface area contributed by atoms with Crippen molar-refractivity contribution >= 4 is 27.7 Å². The molecule has 0 aromatic heterocycles. The molecule has 2 N–H and O–H groups in total. The Kier molecular flexibility index (Phi) is 7.29. The van der Waals surface area contributed by atoms with Crippen molar-refractivity contribution in [2.24, 2.45) is 0 Å². The van der Waals surface area contributed by atoms with Crippen LogP contribution in [0.4, 0.5) is 10.1 Å². The van der Waals surface area contributed by atoms with Crippen molar-refractivity contribution in [1.82, 2.24) is 5.32 Å². The Morgan fingerprint density at radius 3 is 2.32 bits per heavy atom. The third-order valence-corrected chi connectivity index (χ3v) is 5.14. The predicted octanol–water partition coefficient (Wildman–Crippen LogP) is 4.37. The van der Waals surface area contributed by atoms with Gasteiger partial charge in [0.05, 0.1) is 18.0 Å². The van der Waals surface area contributed by atoms with Crippen LogP contribution in [0.15, 0.2) is 43.0 Å². The van der Waals surface area contributed by atoms with Crippen molar-refractivity contribution in [3.05, 3.63) is 71.0 Å². The second-order valence-corrected chi connectivity index (χ2v) is 10.1. The monoisotopic (exact) mass is 442 g/mol. The number of nitrogens with one attached hydrogen (secondary N) is 2. The fourth-order valence-electron chi connectivity index (χ4n) is 2.85. The molecule has 0 fully saturated rings. The van der Waals surface area contributed by atoms with E-state index in [1.807, 2.05) is 24.3 Å². The summed E-state index contributed by atoms with van der Waals surface area (Å²) in [5, 5.41) is 2.70. The van der Waals surface area contributed by atoms with Crippen LogP contribution < -0.4 is 10.0 Å². The Hall–Kier alpha value is -3.11. The molecule has 0 heterocycles. The van der Waals surface area contributed by atoms with Gasteiger partial charge in [0, 0.05) is 17.0 Å². The molecule has 1 amide bonds. The summed E-state index contributed by atoms with van der Waals surface area (Å²) < 4.78 is 39.6. The topological polar surface area (TPSA) is 75.3 Å². The minimum Gasteiger partial charge on any atom is -0.339 e. The Morgan fingerprint density at radius 1 is 1.19 bits per heavy atom. The van der Waals surface area contributed by atoms with Crippen LogP contribution in [-0.2, 0) is 20.2 Å². The van der Waals surface area contributed by atoms with E-state index in [1.165, 1.54) is 17.7 Å². The van der Waals surface area contributed by atoms with Crippen molar-refractivity contribution in [3.63, 3.8) is 0 Å². The minimum absolute atomic E-state index is 0.0325. The molecule has 2 aromatic rings. The number of carbonyl (C=O) groups excluding carboxylic acids is 1. The van der Waals surface area contributed by atoms with E-state index in [4.69, 9.17) is 0 Å². The highest BCUT2D eigenvalue weighted by Crippen LogP contribution is 2.27. The Bertz CT molecular complexity index is 1150. The van der Waals surface area contributed by atoms with Crippen molar-refractivity contribution in [2.45, 2.75) is 39.2 Å². The highest BCUT2D eigenvalue weighted by molar-refractivity contribution is 7.92. The van der Waals surface area contributed by atoms with Gasteiger partial charge in [-0.25, -0.2) is 12.8 Å². The van der Waals surface area contributed by atoms with Crippen LogP contribution in [-0.4, -0.2) is 20.6 Å². The molecule has 2 rings (SSSR count). The molecule has 0 saturated carbocycles. The van der Waals surface area contributed by atoms with Gasteiger partial charge in [-0.3, -0.25) is 9.52 Å². The molecule has 0 aliphatic rings. The molecular weight excluding hydrogens is 415 g/mol. The Morgan fingerprint density at radius 2 is 1.81 bits per heavy atom. The fourth-order valence-corrected chi connectivity index (χ4v) is 3.44. The van der Waals surface area contributed by atoms with Crippen LogP contribution in [0, 0.1) is 17.7 Å². The van der Waals surface area contributed by atoms with E-state index in [0.717, 1.165) is 6.26 Å². The van der Waals surface area contributed by atoms with E-state index in [1.54, 1.807) is 13.0 Å². The zero-order valence-electron chi connectivity index (χ0n) is 18.3. The van der Waals surface area contributed by atoms with Gasteiger partial charge < -0.3 is 5.32 Å². The SMILES string of the molecule is C=Cc1cc([C@@H](C)NC(=O)C#Cc2ccc(C(C)(C)C)cc2)cc(F)c1NS(C)(=O)=O. The van der Waals surface area contributed by atoms with Gasteiger partial charge in [0.2, 0.25) is 10.0 Å². The molecule has 7 heteroatoms. The summed E-state index contributed by atoms with van der Waals surface area (Å²) in [5.74, 6) is 4.09. The lowest BCUT2D eigenvalue weighted by Crippen LogP contribution is -2.25. The summed E-state index contributed by atoms with van der Waals surface area (Å²) in [6.07, 6.45) is 2.28. The minimum atomic E-state index is -3.65. The average Bonchev–Trinajstić information content (AvgIpc) is 2.66. The standard InChI is InChI=1S/C24H27FN2O3S/c1-7-18-14-19(15-21(25)23(18)27-31(6,29)30)16(2)26-22(28)13-10-17-8-11-20(12-9-17)24(3,4)5/h7-9,11-12,14-16,27H,1H2,2-6H3,(H,26,28)/t16-/m1/s1. The van der Waals surface area contributed by atoms with Gasteiger partial charge in [0.25, 0.3) is 5.91 Å². The summed E-state index contributed by atoms with van der Waals surface area (Å²) >= 11 is 0. The lowest BCUT2D eigenvalue weighted by atomic mass is 9.87. The number of hydrogen-bond acceptors (Lipinski definition) is 3. The van der Waals surface area contributed by atoms with Crippen LogP contribution in [0.5, 0.6) is 0 Å². The van der Waals surface area contributed by atoms with E-state index < -0.39 is 27.8 Å². The first kappa shape index (κ1) is 24.2. The normalized spacial score (nSPS) is 12.3. The highest BCUT2D eigenvalue weighted by atomic mass is 32.2. The summed E-state index contributed by atoms with van der Waals surface area (Å²) in [4.78, 5) is 12.2. The van der Waals surface area contributed by atoms with Gasteiger partial charge in [0.1, 0.15) is 5.82 Å². The second kappa shape index (κ2) is 9.36. The molecule has 164 valence electrons. The van der Waals surface area contributed by atoms with Gasteiger partial charge in [-0.2, -0.15) is 0 Å². The molecule has 0 radical (unpaired) electrons. The first-order valence-electron chi connectivity index (χ1n) is 9.67. The van der Waals surface area contributed by atoms with Crippen molar-refractivity contribution in [2.75, 3.05) is 11.0 Å². The first-order valence-corrected chi connectivity index (χ1v) is 11.6. The van der Waals surface area contributed by atoms with Crippen LogP contribution in [0.2, 0.25) is 0 Å². The fraction of sp³-hybridized carbons (Fsp3) is 0.292. The summed E-state index contributed by atoms with van der Waals surface area (Å²) in [5.41, 5.74) is 2.46. The number of amides is 1.